The lowest BCUT2D eigenvalue weighted by atomic mass is 9.77. The van der Waals surface area contributed by atoms with Gasteiger partial charge in [0.05, 0.1) is 11.0 Å². The second kappa shape index (κ2) is 6.29. The summed E-state index contributed by atoms with van der Waals surface area (Å²) in [7, 11) is 0. The molecule has 1 atom stereocenters. The molecule has 1 aromatic rings. The number of carbonyl (C=O) groups excluding carboxylic acids is 1. The zero-order valence-corrected chi connectivity index (χ0v) is 13.9. The number of hydrogen-bond donors (Lipinski definition) is 1. The standard InChI is InChI=1S/C15H17FINO3/c1-2-15(14(20)21)6-3-7-18(9-15)13(19)11-5-4-10(16)8-12(11)17/h4-5,8H,2-3,6-7,9H2,1H3,(H,20,21). The predicted molar refractivity (Wildman–Crippen MR) is 84.6 cm³/mol. The lowest BCUT2D eigenvalue weighted by Gasteiger charge is -2.39. The van der Waals surface area contributed by atoms with Gasteiger partial charge in [-0.2, -0.15) is 0 Å². The quantitative estimate of drug-likeness (QED) is 0.787. The van der Waals surface area contributed by atoms with Gasteiger partial charge in [-0.25, -0.2) is 4.39 Å². The summed E-state index contributed by atoms with van der Waals surface area (Å²) in [6.45, 7) is 2.59. The van der Waals surface area contributed by atoms with Gasteiger partial charge in [0.15, 0.2) is 0 Å². The molecule has 2 rings (SSSR count). The van der Waals surface area contributed by atoms with Crippen LogP contribution in [0.2, 0.25) is 0 Å². The van der Waals surface area contributed by atoms with Crippen molar-refractivity contribution in [1.29, 1.82) is 0 Å². The fourth-order valence-electron chi connectivity index (χ4n) is 2.75. The Morgan fingerprint density at radius 2 is 2.19 bits per heavy atom. The highest BCUT2D eigenvalue weighted by Crippen LogP contribution is 2.34. The largest absolute Gasteiger partial charge is 0.481 e. The third-order valence-corrected chi connectivity index (χ3v) is 5.05. The molecule has 4 nitrogen and oxygen atoms in total. The molecule has 1 aliphatic rings. The zero-order chi connectivity index (χ0) is 15.6. The van der Waals surface area contributed by atoms with E-state index in [4.69, 9.17) is 0 Å². The molecule has 0 spiro atoms. The van der Waals surface area contributed by atoms with Crippen molar-refractivity contribution in [2.75, 3.05) is 13.1 Å². The summed E-state index contributed by atoms with van der Waals surface area (Å²) in [5.74, 6) is -1.46. The molecule has 1 saturated heterocycles. The van der Waals surface area contributed by atoms with E-state index in [-0.39, 0.29) is 18.3 Å². The summed E-state index contributed by atoms with van der Waals surface area (Å²) in [5.41, 5.74) is -0.436. The summed E-state index contributed by atoms with van der Waals surface area (Å²) in [6, 6.07) is 4.02. The first-order chi connectivity index (χ1) is 9.89. The van der Waals surface area contributed by atoms with Crippen molar-refractivity contribution in [2.24, 2.45) is 5.41 Å². The van der Waals surface area contributed by atoms with E-state index in [1.165, 1.54) is 18.2 Å². The number of carboxylic acids is 1. The third-order valence-electron chi connectivity index (χ3n) is 4.16. The number of aliphatic carboxylic acids is 1. The van der Waals surface area contributed by atoms with Crippen molar-refractivity contribution in [2.45, 2.75) is 26.2 Å². The molecule has 0 bridgehead atoms. The van der Waals surface area contributed by atoms with Gasteiger partial charge < -0.3 is 10.0 Å². The number of likely N-dealkylation sites (tertiary alicyclic amines) is 1. The van der Waals surface area contributed by atoms with Gasteiger partial charge in [-0.15, -0.1) is 0 Å². The van der Waals surface area contributed by atoms with Gasteiger partial charge in [0.2, 0.25) is 0 Å². The van der Waals surface area contributed by atoms with Gasteiger partial charge in [-0.05, 0) is 60.1 Å². The molecule has 114 valence electrons. The van der Waals surface area contributed by atoms with Crippen molar-refractivity contribution in [3.8, 4) is 0 Å². The van der Waals surface area contributed by atoms with E-state index in [0.717, 1.165) is 0 Å². The smallest absolute Gasteiger partial charge is 0.311 e. The second-order valence-corrected chi connectivity index (χ2v) is 6.56. The molecule has 1 N–H and O–H groups in total. The fourth-order valence-corrected chi connectivity index (χ4v) is 3.46. The summed E-state index contributed by atoms with van der Waals surface area (Å²) in [6.07, 6.45) is 1.75. The first kappa shape index (κ1) is 16.2. The number of rotatable bonds is 3. The number of nitrogens with zero attached hydrogens (tertiary/aromatic N) is 1. The SMILES string of the molecule is CCC1(C(=O)O)CCCN(C(=O)c2ccc(F)cc2I)C1. The molecule has 0 saturated carbocycles. The summed E-state index contributed by atoms with van der Waals surface area (Å²) >= 11 is 1.93. The number of carboxylic acid groups (broad SMARTS) is 1. The molecular formula is C15H17FINO3. The van der Waals surface area contributed by atoms with Crippen LogP contribution in [0.15, 0.2) is 18.2 Å². The van der Waals surface area contributed by atoms with E-state index in [2.05, 4.69) is 0 Å². The van der Waals surface area contributed by atoms with Crippen LogP contribution in [0, 0.1) is 14.8 Å². The number of amides is 1. The number of halogens is 2. The van der Waals surface area contributed by atoms with E-state index in [9.17, 15) is 19.1 Å². The molecule has 21 heavy (non-hydrogen) atoms. The van der Waals surface area contributed by atoms with Gasteiger partial charge in [0, 0.05) is 16.7 Å². The van der Waals surface area contributed by atoms with Crippen LogP contribution < -0.4 is 0 Å². The van der Waals surface area contributed by atoms with Crippen molar-refractivity contribution in [3.63, 3.8) is 0 Å². The van der Waals surface area contributed by atoms with Gasteiger partial charge in [0.1, 0.15) is 5.82 Å². The summed E-state index contributed by atoms with van der Waals surface area (Å²) in [4.78, 5) is 25.7. The summed E-state index contributed by atoms with van der Waals surface area (Å²) < 4.78 is 13.7. The predicted octanol–water partition coefficient (Wildman–Crippen LogP) is 3.15. The average molecular weight is 405 g/mol. The van der Waals surface area contributed by atoms with Crippen LogP contribution in [0.3, 0.4) is 0 Å². The average Bonchev–Trinajstić information content (AvgIpc) is 2.46. The first-order valence-electron chi connectivity index (χ1n) is 6.87. The van der Waals surface area contributed by atoms with Crippen LogP contribution in [0.4, 0.5) is 4.39 Å². The van der Waals surface area contributed by atoms with Crippen molar-refractivity contribution in [3.05, 3.63) is 33.1 Å². The number of benzene rings is 1. The Hall–Kier alpha value is -1.18. The molecule has 1 fully saturated rings. The van der Waals surface area contributed by atoms with Gasteiger partial charge in [0.25, 0.3) is 5.91 Å². The van der Waals surface area contributed by atoms with Crippen molar-refractivity contribution < 1.29 is 19.1 Å². The van der Waals surface area contributed by atoms with Crippen LogP contribution >= 0.6 is 22.6 Å². The Balaban J connectivity index is 2.25. The van der Waals surface area contributed by atoms with Crippen LogP contribution in [-0.4, -0.2) is 35.0 Å². The molecule has 0 radical (unpaired) electrons. The molecule has 0 aromatic heterocycles. The van der Waals surface area contributed by atoms with Crippen LogP contribution in [0.25, 0.3) is 0 Å². The maximum Gasteiger partial charge on any atom is 0.311 e. The van der Waals surface area contributed by atoms with Gasteiger partial charge >= 0.3 is 5.97 Å². The minimum atomic E-state index is -0.862. The van der Waals surface area contributed by atoms with E-state index in [0.29, 0.717) is 34.9 Å². The molecule has 6 heteroatoms. The Labute approximate surface area is 136 Å². The molecule has 1 unspecified atom stereocenters. The molecule has 1 aliphatic heterocycles. The normalized spacial score (nSPS) is 22.1. The van der Waals surface area contributed by atoms with E-state index in [1.54, 1.807) is 4.90 Å². The number of piperidine rings is 1. The topological polar surface area (TPSA) is 57.6 Å². The van der Waals surface area contributed by atoms with Crippen molar-refractivity contribution in [1.82, 2.24) is 4.90 Å². The van der Waals surface area contributed by atoms with Crippen LogP contribution in [-0.2, 0) is 4.79 Å². The van der Waals surface area contributed by atoms with E-state index in [1.807, 2.05) is 29.5 Å². The highest BCUT2D eigenvalue weighted by atomic mass is 127. The second-order valence-electron chi connectivity index (χ2n) is 5.39. The lowest BCUT2D eigenvalue weighted by Crippen LogP contribution is -2.49. The Morgan fingerprint density at radius 1 is 1.48 bits per heavy atom. The molecule has 1 aromatic carbocycles. The van der Waals surface area contributed by atoms with Crippen molar-refractivity contribution >= 4 is 34.5 Å². The van der Waals surface area contributed by atoms with E-state index >= 15 is 0 Å². The van der Waals surface area contributed by atoms with E-state index < -0.39 is 11.4 Å². The zero-order valence-electron chi connectivity index (χ0n) is 11.7. The molecular weight excluding hydrogens is 388 g/mol. The number of hydrogen-bond acceptors (Lipinski definition) is 2. The summed E-state index contributed by atoms with van der Waals surface area (Å²) in [5, 5.41) is 9.46. The maximum absolute atomic E-state index is 13.1. The minimum absolute atomic E-state index is 0.213. The number of carbonyl (C=O) groups is 2. The van der Waals surface area contributed by atoms with Gasteiger partial charge in [-0.3, -0.25) is 9.59 Å². The first-order valence-corrected chi connectivity index (χ1v) is 7.95. The monoisotopic (exact) mass is 405 g/mol. The minimum Gasteiger partial charge on any atom is -0.481 e. The highest BCUT2D eigenvalue weighted by Gasteiger charge is 2.42. The third kappa shape index (κ3) is 3.20. The Morgan fingerprint density at radius 3 is 2.76 bits per heavy atom. The molecule has 0 aliphatic carbocycles. The molecule has 1 amide bonds. The fraction of sp³-hybridized carbons (Fsp3) is 0.467. The molecule has 1 heterocycles. The highest BCUT2D eigenvalue weighted by molar-refractivity contribution is 14.1. The van der Waals surface area contributed by atoms with Crippen LogP contribution in [0.5, 0.6) is 0 Å². The van der Waals surface area contributed by atoms with Gasteiger partial charge in [-0.1, -0.05) is 6.92 Å². The lowest BCUT2D eigenvalue weighted by molar-refractivity contribution is -0.152. The Kier molecular flexibility index (Phi) is 4.85. The maximum atomic E-state index is 13.1. The van der Waals surface area contributed by atoms with Crippen LogP contribution in [0.1, 0.15) is 36.5 Å². The Bertz CT molecular complexity index is 578.